The maximum atomic E-state index is 11.1. The van der Waals surface area contributed by atoms with Gasteiger partial charge in [0.15, 0.2) is 0 Å². The molecule has 0 radical (unpaired) electrons. The molecule has 4 nitrogen and oxygen atoms in total. The van der Waals surface area contributed by atoms with Crippen molar-refractivity contribution in [2.24, 2.45) is 10.9 Å². The van der Waals surface area contributed by atoms with Crippen molar-refractivity contribution < 1.29 is 13.0 Å². The van der Waals surface area contributed by atoms with E-state index >= 15 is 0 Å². The largest absolute Gasteiger partial charge is 0.295 e. The van der Waals surface area contributed by atoms with Gasteiger partial charge in [-0.15, -0.1) is 0 Å². The van der Waals surface area contributed by atoms with Crippen molar-refractivity contribution in [2.75, 3.05) is 6.54 Å². The Hall–Kier alpha value is -1.20. The van der Waals surface area contributed by atoms with Crippen LogP contribution in [0.1, 0.15) is 25.8 Å². The van der Waals surface area contributed by atoms with Crippen molar-refractivity contribution in [2.45, 2.75) is 25.2 Å². The van der Waals surface area contributed by atoms with Gasteiger partial charge < -0.3 is 0 Å². The van der Waals surface area contributed by atoms with Crippen LogP contribution in [-0.4, -0.2) is 25.7 Å². The van der Waals surface area contributed by atoms with Gasteiger partial charge in [-0.2, -0.15) is 8.42 Å². The van der Waals surface area contributed by atoms with Gasteiger partial charge in [-0.05, 0) is 12.0 Å². The highest BCUT2D eigenvalue weighted by molar-refractivity contribution is 7.86. The fourth-order valence-corrected chi connectivity index (χ4v) is 1.95. The summed E-state index contributed by atoms with van der Waals surface area (Å²) in [4.78, 5) is 4.08. The van der Waals surface area contributed by atoms with E-state index in [2.05, 4.69) is 18.8 Å². The minimum atomic E-state index is -4.18. The normalized spacial score (nSPS) is 14.1. The number of rotatable bonds is 5. The highest BCUT2D eigenvalue weighted by Gasteiger charge is 2.12. The zero-order valence-electron chi connectivity index (χ0n) is 10.00. The van der Waals surface area contributed by atoms with Crippen LogP contribution >= 0.6 is 0 Å². The van der Waals surface area contributed by atoms with E-state index in [4.69, 9.17) is 4.55 Å². The van der Waals surface area contributed by atoms with E-state index in [1.165, 1.54) is 12.3 Å². The molecule has 0 saturated carbocycles. The van der Waals surface area contributed by atoms with Gasteiger partial charge in [-0.25, -0.2) is 0 Å². The van der Waals surface area contributed by atoms with Crippen LogP contribution in [-0.2, 0) is 10.1 Å². The number of hydrogen-bond acceptors (Lipinski definition) is 3. The standard InChI is InChI=1S/C12H17NO3S/c1-3-10(2)8-13-9-11-6-4-5-7-12(11)17(14,15)16/h4-7,9-10H,3,8H2,1-2H3,(H,14,15,16). The van der Waals surface area contributed by atoms with Crippen LogP contribution in [0.4, 0.5) is 0 Å². The summed E-state index contributed by atoms with van der Waals surface area (Å²) in [6.07, 6.45) is 2.52. The second kappa shape index (κ2) is 5.93. The number of benzene rings is 1. The molecule has 0 fully saturated rings. The number of aliphatic imine (C=N–C) groups is 1. The Bertz CT molecular complexity index is 494. The Morgan fingerprint density at radius 3 is 2.65 bits per heavy atom. The third-order valence-corrected chi connectivity index (χ3v) is 3.47. The summed E-state index contributed by atoms with van der Waals surface area (Å²) >= 11 is 0. The van der Waals surface area contributed by atoms with Crippen molar-refractivity contribution >= 4 is 16.3 Å². The predicted octanol–water partition coefficient (Wildman–Crippen LogP) is 2.40. The molecule has 0 aliphatic heterocycles. The fraction of sp³-hybridized carbons (Fsp3) is 0.417. The lowest BCUT2D eigenvalue weighted by molar-refractivity contribution is 0.483. The fourth-order valence-electron chi connectivity index (χ4n) is 1.28. The molecule has 1 aromatic rings. The number of hydrogen-bond donors (Lipinski definition) is 1. The average molecular weight is 255 g/mol. The molecule has 0 bridgehead atoms. The highest BCUT2D eigenvalue weighted by atomic mass is 32.2. The molecule has 0 amide bonds. The van der Waals surface area contributed by atoms with Crippen LogP contribution in [0.2, 0.25) is 0 Å². The number of nitrogens with zero attached hydrogens (tertiary/aromatic N) is 1. The minimum Gasteiger partial charge on any atom is -0.292 e. The quantitative estimate of drug-likeness (QED) is 0.649. The maximum absolute atomic E-state index is 11.1. The van der Waals surface area contributed by atoms with Crippen molar-refractivity contribution in [3.8, 4) is 0 Å². The first-order valence-corrected chi connectivity index (χ1v) is 6.95. The molecule has 0 aliphatic rings. The van der Waals surface area contributed by atoms with Gasteiger partial charge in [0, 0.05) is 18.3 Å². The Morgan fingerprint density at radius 2 is 2.06 bits per heavy atom. The van der Waals surface area contributed by atoms with Crippen LogP contribution in [0, 0.1) is 5.92 Å². The first kappa shape index (κ1) is 13.9. The second-order valence-corrected chi connectivity index (χ2v) is 5.41. The highest BCUT2D eigenvalue weighted by Crippen LogP contribution is 2.13. The smallest absolute Gasteiger partial charge is 0.292 e. The van der Waals surface area contributed by atoms with Gasteiger partial charge in [-0.1, -0.05) is 38.5 Å². The van der Waals surface area contributed by atoms with Gasteiger partial charge in [0.05, 0.1) is 0 Å². The molecule has 0 heterocycles. The molecule has 1 atom stereocenters. The second-order valence-electron chi connectivity index (χ2n) is 4.02. The topological polar surface area (TPSA) is 66.7 Å². The van der Waals surface area contributed by atoms with Gasteiger partial charge in [-0.3, -0.25) is 9.55 Å². The first-order valence-electron chi connectivity index (χ1n) is 5.51. The van der Waals surface area contributed by atoms with Crippen molar-refractivity contribution in [3.05, 3.63) is 29.8 Å². The first-order chi connectivity index (χ1) is 7.95. The Labute approximate surface area is 102 Å². The lowest BCUT2D eigenvalue weighted by atomic mass is 10.1. The molecule has 0 aromatic heterocycles. The van der Waals surface area contributed by atoms with Gasteiger partial charge in [0.1, 0.15) is 4.90 Å². The molecule has 0 aliphatic carbocycles. The lowest BCUT2D eigenvalue weighted by Crippen LogP contribution is -2.03. The third-order valence-electron chi connectivity index (χ3n) is 2.54. The molecule has 1 unspecified atom stereocenters. The monoisotopic (exact) mass is 255 g/mol. The summed E-state index contributed by atoms with van der Waals surface area (Å²) in [5.74, 6) is 0.462. The lowest BCUT2D eigenvalue weighted by Gasteiger charge is -2.04. The Morgan fingerprint density at radius 1 is 1.41 bits per heavy atom. The molecule has 0 spiro atoms. The van der Waals surface area contributed by atoms with Crippen molar-refractivity contribution in [1.82, 2.24) is 0 Å². The summed E-state index contributed by atoms with van der Waals surface area (Å²) in [6.45, 7) is 4.80. The maximum Gasteiger partial charge on any atom is 0.295 e. The molecule has 1 N–H and O–H groups in total. The molecular weight excluding hydrogens is 238 g/mol. The van der Waals surface area contributed by atoms with Crippen molar-refractivity contribution in [3.63, 3.8) is 0 Å². The zero-order chi connectivity index (χ0) is 12.9. The molecule has 1 aromatic carbocycles. The average Bonchev–Trinajstić information content (AvgIpc) is 2.28. The van der Waals surface area contributed by atoms with E-state index in [-0.39, 0.29) is 4.90 Å². The van der Waals surface area contributed by atoms with E-state index in [0.29, 0.717) is 18.0 Å². The summed E-state index contributed by atoms with van der Waals surface area (Å²) < 4.78 is 31.2. The molecule has 94 valence electrons. The Kier molecular flexibility index (Phi) is 4.84. The van der Waals surface area contributed by atoms with Gasteiger partial charge in [0.2, 0.25) is 0 Å². The SMILES string of the molecule is CCC(C)CN=Cc1ccccc1S(=O)(=O)O. The van der Waals surface area contributed by atoms with E-state index in [1.54, 1.807) is 18.2 Å². The summed E-state index contributed by atoms with van der Waals surface area (Å²) in [5, 5.41) is 0. The Balaban J connectivity index is 2.92. The van der Waals surface area contributed by atoms with Gasteiger partial charge in [0.25, 0.3) is 10.1 Å². The van der Waals surface area contributed by atoms with Crippen LogP contribution in [0.15, 0.2) is 34.2 Å². The van der Waals surface area contributed by atoms with E-state index in [1.807, 2.05) is 0 Å². The van der Waals surface area contributed by atoms with E-state index < -0.39 is 10.1 Å². The van der Waals surface area contributed by atoms with Gasteiger partial charge >= 0.3 is 0 Å². The molecule has 5 heteroatoms. The van der Waals surface area contributed by atoms with Crippen molar-refractivity contribution in [1.29, 1.82) is 0 Å². The van der Waals surface area contributed by atoms with E-state index in [0.717, 1.165) is 6.42 Å². The molecular formula is C12H17NO3S. The van der Waals surface area contributed by atoms with Crippen LogP contribution in [0.3, 0.4) is 0 Å². The molecule has 17 heavy (non-hydrogen) atoms. The minimum absolute atomic E-state index is 0.104. The summed E-state index contributed by atoms with van der Waals surface area (Å²) in [5.41, 5.74) is 0.415. The molecule has 0 saturated heterocycles. The van der Waals surface area contributed by atoms with E-state index in [9.17, 15) is 8.42 Å². The predicted molar refractivity (Wildman–Crippen MR) is 68.2 cm³/mol. The van der Waals surface area contributed by atoms with Crippen LogP contribution in [0.25, 0.3) is 0 Å². The summed E-state index contributed by atoms with van der Waals surface area (Å²) in [7, 11) is -4.18. The zero-order valence-corrected chi connectivity index (χ0v) is 10.8. The molecule has 1 rings (SSSR count). The summed E-state index contributed by atoms with van der Waals surface area (Å²) in [6, 6.07) is 6.25. The third kappa shape index (κ3) is 4.28. The van der Waals surface area contributed by atoms with Crippen LogP contribution < -0.4 is 0 Å². The van der Waals surface area contributed by atoms with Crippen LogP contribution in [0.5, 0.6) is 0 Å².